The van der Waals surface area contributed by atoms with Crippen molar-refractivity contribution in [3.8, 4) is 0 Å². The molecule has 0 radical (unpaired) electrons. The molecule has 0 spiro atoms. The zero-order valence-corrected chi connectivity index (χ0v) is 13.1. The second-order valence-corrected chi connectivity index (χ2v) is 6.46. The SMILES string of the molecule is O=C(O)C1C2C=CC(C2)C1C(=O)OCc1c(Cl)cccc1Cl. The summed E-state index contributed by atoms with van der Waals surface area (Å²) < 4.78 is 5.30. The van der Waals surface area contributed by atoms with Crippen LogP contribution in [0.4, 0.5) is 0 Å². The van der Waals surface area contributed by atoms with E-state index in [4.69, 9.17) is 27.9 Å². The van der Waals surface area contributed by atoms with Crippen molar-refractivity contribution in [2.75, 3.05) is 0 Å². The molecule has 1 aromatic rings. The molecule has 2 aliphatic rings. The number of carboxylic acid groups (broad SMARTS) is 1. The number of rotatable bonds is 4. The highest BCUT2D eigenvalue weighted by Gasteiger charge is 2.52. The number of aliphatic carboxylic acids is 1. The molecular weight excluding hydrogens is 327 g/mol. The Bertz CT molecular complexity index is 635. The molecule has 0 aliphatic heterocycles. The van der Waals surface area contributed by atoms with Crippen LogP contribution < -0.4 is 0 Å². The number of esters is 1. The third-order valence-corrected chi connectivity index (χ3v) is 5.15. The average molecular weight is 341 g/mol. The number of allylic oxidation sites excluding steroid dienone is 2. The van der Waals surface area contributed by atoms with E-state index < -0.39 is 23.8 Å². The van der Waals surface area contributed by atoms with Crippen molar-refractivity contribution < 1.29 is 19.4 Å². The summed E-state index contributed by atoms with van der Waals surface area (Å²) in [6.07, 6.45) is 4.50. The Morgan fingerprint density at radius 2 is 1.73 bits per heavy atom. The smallest absolute Gasteiger partial charge is 0.310 e. The first kappa shape index (κ1) is 15.4. The van der Waals surface area contributed by atoms with Gasteiger partial charge in [-0.15, -0.1) is 0 Å². The van der Waals surface area contributed by atoms with Gasteiger partial charge in [-0.25, -0.2) is 0 Å². The fourth-order valence-corrected chi connectivity index (χ4v) is 3.90. The monoisotopic (exact) mass is 340 g/mol. The molecule has 1 saturated carbocycles. The lowest BCUT2D eigenvalue weighted by atomic mass is 9.83. The van der Waals surface area contributed by atoms with Crippen molar-refractivity contribution >= 4 is 35.1 Å². The van der Waals surface area contributed by atoms with Crippen LogP contribution in [-0.4, -0.2) is 17.0 Å². The first-order valence-electron chi connectivity index (χ1n) is 6.99. The van der Waals surface area contributed by atoms with Crippen molar-refractivity contribution in [3.05, 3.63) is 46.0 Å². The second kappa shape index (κ2) is 5.94. The summed E-state index contributed by atoms with van der Waals surface area (Å²) in [6.45, 7) is -0.0543. The van der Waals surface area contributed by atoms with Gasteiger partial charge in [-0.05, 0) is 30.4 Å². The Labute approximate surface area is 137 Å². The van der Waals surface area contributed by atoms with Gasteiger partial charge in [-0.2, -0.15) is 0 Å². The van der Waals surface area contributed by atoms with Crippen molar-refractivity contribution in [1.29, 1.82) is 0 Å². The normalized spacial score (nSPS) is 28.8. The van der Waals surface area contributed by atoms with Crippen LogP contribution in [-0.2, 0) is 20.9 Å². The zero-order valence-electron chi connectivity index (χ0n) is 11.5. The number of hydrogen-bond acceptors (Lipinski definition) is 3. The molecule has 22 heavy (non-hydrogen) atoms. The van der Waals surface area contributed by atoms with Gasteiger partial charge in [-0.3, -0.25) is 9.59 Å². The summed E-state index contributed by atoms with van der Waals surface area (Å²) in [4.78, 5) is 23.7. The summed E-state index contributed by atoms with van der Waals surface area (Å²) >= 11 is 12.1. The Hall–Kier alpha value is -1.52. The molecule has 0 aromatic heterocycles. The lowest BCUT2D eigenvalue weighted by Crippen LogP contribution is -2.34. The van der Waals surface area contributed by atoms with Gasteiger partial charge >= 0.3 is 11.9 Å². The number of fused-ring (bicyclic) bond motifs is 2. The average Bonchev–Trinajstić information content (AvgIpc) is 3.06. The lowest BCUT2D eigenvalue weighted by Gasteiger charge is -2.23. The number of ether oxygens (including phenoxy) is 1. The summed E-state index contributed by atoms with van der Waals surface area (Å²) in [5.74, 6) is -2.92. The lowest BCUT2D eigenvalue weighted by molar-refractivity contribution is -0.159. The van der Waals surface area contributed by atoms with Crippen molar-refractivity contribution in [3.63, 3.8) is 0 Å². The molecular formula is C16H14Cl2O4. The van der Waals surface area contributed by atoms with E-state index >= 15 is 0 Å². The van der Waals surface area contributed by atoms with Gasteiger partial charge in [0, 0.05) is 15.6 Å². The van der Waals surface area contributed by atoms with Crippen LogP contribution in [0.5, 0.6) is 0 Å². The van der Waals surface area contributed by atoms with Crippen LogP contribution in [0.25, 0.3) is 0 Å². The minimum Gasteiger partial charge on any atom is -0.481 e. The van der Waals surface area contributed by atoms with Gasteiger partial charge in [0.2, 0.25) is 0 Å². The maximum atomic E-state index is 12.3. The van der Waals surface area contributed by atoms with Gasteiger partial charge in [0.25, 0.3) is 0 Å². The minimum absolute atomic E-state index is 0.0543. The fraction of sp³-hybridized carbons (Fsp3) is 0.375. The van der Waals surface area contributed by atoms with Crippen LogP contribution in [0.3, 0.4) is 0 Å². The molecule has 116 valence electrons. The van der Waals surface area contributed by atoms with E-state index in [9.17, 15) is 14.7 Å². The quantitative estimate of drug-likeness (QED) is 0.672. The molecule has 4 atom stereocenters. The van der Waals surface area contributed by atoms with E-state index in [1.165, 1.54) is 0 Å². The Morgan fingerprint density at radius 1 is 1.14 bits per heavy atom. The first-order valence-corrected chi connectivity index (χ1v) is 7.75. The molecule has 2 bridgehead atoms. The Balaban J connectivity index is 1.72. The number of carbonyl (C=O) groups excluding carboxylic acids is 1. The van der Waals surface area contributed by atoms with Crippen LogP contribution in [0, 0.1) is 23.7 Å². The van der Waals surface area contributed by atoms with E-state index in [1.54, 1.807) is 18.2 Å². The maximum absolute atomic E-state index is 12.3. The number of hydrogen-bond donors (Lipinski definition) is 1. The van der Waals surface area contributed by atoms with Crippen LogP contribution >= 0.6 is 23.2 Å². The molecule has 4 unspecified atom stereocenters. The fourth-order valence-electron chi connectivity index (χ4n) is 3.39. The number of halogens is 2. The highest BCUT2D eigenvalue weighted by Crippen LogP contribution is 2.48. The van der Waals surface area contributed by atoms with Crippen LogP contribution in [0.15, 0.2) is 30.4 Å². The van der Waals surface area contributed by atoms with E-state index in [0.29, 0.717) is 22.0 Å². The van der Waals surface area contributed by atoms with Crippen molar-refractivity contribution in [1.82, 2.24) is 0 Å². The Morgan fingerprint density at radius 3 is 2.32 bits per heavy atom. The van der Waals surface area contributed by atoms with E-state index in [-0.39, 0.29) is 18.4 Å². The first-order chi connectivity index (χ1) is 10.5. The predicted molar refractivity (Wildman–Crippen MR) is 81.6 cm³/mol. The molecule has 0 heterocycles. The van der Waals surface area contributed by atoms with Crippen LogP contribution in [0.1, 0.15) is 12.0 Å². The molecule has 0 saturated heterocycles. The van der Waals surface area contributed by atoms with E-state index in [2.05, 4.69) is 0 Å². The second-order valence-electron chi connectivity index (χ2n) is 5.65. The number of carboxylic acids is 1. The molecule has 1 aromatic carbocycles. The molecule has 1 N–H and O–H groups in total. The standard InChI is InChI=1S/C16H14Cl2O4/c17-11-2-1-3-12(18)10(11)7-22-16(21)14-9-5-4-8(6-9)13(14)15(19)20/h1-5,8-9,13-14H,6-7H2,(H,19,20). The van der Waals surface area contributed by atoms with Crippen LogP contribution in [0.2, 0.25) is 10.0 Å². The van der Waals surface area contributed by atoms with Gasteiger partial charge in [0.1, 0.15) is 6.61 Å². The van der Waals surface area contributed by atoms with Gasteiger partial charge in [0.15, 0.2) is 0 Å². The predicted octanol–water partition coefficient (Wildman–Crippen LogP) is 3.56. The minimum atomic E-state index is -0.949. The molecule has 2 aliphatic carbocycles. The zero-order chi connectivity index (χ0) is 15.9. The maximum Gasteiger partial charge on any atom is 0.310 e. The summed E-state index contributed by atoms with van der Waals surface area (Å²) in [5.41, 5.74) is 0.532. The van der Waals surface area contributed by atoms with Gasteiger partial charge in [0.05, 0.1) is 11.8 Å². The Kier molecular flexibility index (Phi) is 4.15. The third-order valence-electron chi connectivity index (χ3n) is 4.44. The highest BCUT2D eigenvalue weighted by atomic mass is 35.5. The molecule has 6 heteroatoms. The largest absolute Gasteiger partial charge is 0.481 e. The molecule has 1 fully saturated rings. The van der Waals surface area contributed by atoms with E-state index in [1.807, 2.05) is 12.2 Å². The summed E-state index contributed by atoms with van der Waals surface area (Å²) in [6, 6.07) is 5.03. The van der Waals surface area contributed by atoms with Crippen molar-refractivity contribution in [2.24, 2.45) is 23.7 Å². The molecule has 4 nitrogen and oxygen atoms in total. The number of carbonyl (C=O) groups is 2. The van der Waals surface area contributed by atoms with Gasteiger partial charge in [-0.1, -0.05) is 41.4 Å². The highest BCUT2D eigenvalue weighted by molar-refractivity contribution is 6.35. The summed E-state index contributed by atoms with van der Waals surface area (Å²) in [7, 11) is 0. The van der Waals surface area contributed by atoms with Gasteiger partial charge < -0.3 is 9.84 Å². The molecule has 3 rings (SSSR count). The van der Waals surface area contributed by atoms with Crippen molar-refractivity contribution in [2.45, 2.75) is 13.0 Å². The third kappa shape index (κ3) is 2.61. The number of benzene rings is 1. The topological polar surface area (TPSA) is 63.6 Å². The molecule has 0 amide bonds. The van der Waals surface area contributed by atoms with E-state index in [0.717, 1.165) is 0 Å². The summed E-state index contributed by atoms with van der Waals surface area (Å²) in [5, 5.41) is 10.2.